The molecule has 0 amide bonds. The van der Waals surface area contributed by atoms with Gasteiger partial charge in [-0.3, -0.25) is 10.1 Å². The molecule has 20 heavy (non-hydrogen) atoms. The molecule has 0 aromatic heterocycles. The summed E-state index contributed by atoms with van der Waals surface area (Å²) < 4.78 is 5.95. The van der Waals surface area contributed by atoms with Crippen LogP contribution in [0.1, 0.15) is 11.7 Å². The number of hydrogen-bond acceptors (Lipinski definition) is 4. The fourth-order valence-corrected chi connectivity index (χ4v) is 2.14. The lowest BCUT2D eigenvalue weighted by Crippen LogP contribution is -2.09. The number of nitro groups is 1. The molecule has 0 aliphatic carbocycles. The monoisotopic (exact) mass is 337 g/mol. The van der Waals surface area contributed by atoms with Crippen molar-refractivity contribution < 1.29 is 14.8 Å². The first-order valence-electron chi connectivity index (χ1n) is 5.87. The van der Waals surface area contributed by atoms with Crippen LogP contribution in [0.3, 0.4) is 0 Å². The lowest BCUT2D eigenvalue weighted by Gasteiger charge is -2.13. The van der Waals surface area contributed by atoms with E-state index in [9.17, 15) is 15.2 Å². The van der Waals surface area contributed by atoms with Crippen molar-refractivity contribution in [3.05, 3.63) is 68.7 Å². The number of aliphatic hydroxyl groups excluding tert-OH is 1. The highest BCUT2D eigenvalue weighted by Crippen LogP contribution is 2.29. The van der Waals surface area contributed by atoms with E-state index in [1.807, 2.05) is 18.2 Å². The third-order valence-electron chi connectivity index (χ3n) is 2.71. The Morgan fingerprint density at radius 3 is 2.55 bits per heavy atom. The van der Waals surface area contributed by atoms with Crippen LogP contribution in [-0.4, -0.2) is 16.6 Å². The summed E-state index contributed by atoms with van der Waals surface area (Å²) in [5.41, 5.74) is 0.735. The highest BCUT2D eigenvalue weighted by atomic mass is 79.9. The summed E-state index contributed by atoms with van der Waals surface area (Å²) in [6, 6.07) is 13.4. The summed E-state index contributed by atoms with van der Waals surface area (Å²) in [6.45, 7) is 0.0699. The predicted octanol–water partition coefficient (Wildman–Crippen LogP) is 3.47. The van der Waals surface area contributed by atoms with E-state index >= 15 is 0 Å². The van der Waals surface area contributed by atoms with Gasteiger partial charge in [-0.15, -0.1) is 0 Å². The van der Waals surface area contributed by atoms with E-state index in [4.69, 9.17) is 4.74 Å². The minimum absolute atomic E-state index is 0.0205. The summed E-state index contributed by atoms with van der Waals surface area (Å²) in [5, 5.41) is 20.6. The Bertz CT molecular complexity index is 603. The zero-order valence-electron chi connectivity index (χ0n) is 10.4. The van der Waals surface area contributed by atoms with E-state index < -0.39 is 11.0 Å². The molecule has 0 heterocycles. The van der Waals surface area contributed by atoms with Crippen LogP contribution in [0, 0.1) is 10.1 Å². The van der Waals surface area contributed by atoms with Gasteiger partial charge in [0.25, 0.3) is 5.69 Å². The molecule has 2 aromatic carbocycles. The standard InChI is InChI=1S/C14H12BrNO4/c15-12-8-11(16(18)19)6-7-14(12)20-9-13(17)10-4-2-1-3-5-10/h1-8,13,17H,9H2. The number of ether oxygens (including phenoxy) is 1. The van der Waals surface area contributed by atoms with E-state index in [0.717, 1.165) is 5.56 Å². The number of hydrogen-bond donors (Lipinski definition) is 1. The van der Waals surface area contributed by atoms with Crippen molar-refractivity contribution in [2.45, 2.75) is 6.10 Å². The lowest BCUT2D eigenvalue weighted by atomic mass is 10.1. The molecular weight excluding hydrogens is 326 g/mol. The molecular formula is C14H12BrNO4. The van der Waals surface area contributed by atoms with Gasteiger partial charge in [-0.1, -0.05) is 30.3 Å². The molecule has 0 radical (unpaired) electrons. The van der Waals surface area contributed by atoms with Crippen molar-refractivity contribution in [2.75, 3.05) is 6.61 Å². The zero-order chi connectivity index (χ0) is 14.5. The van der Waals surface area contributed by atoms with Crippen LogP contribution in [0.2, 0.25) is 0 Å². The van der Waals surface area contributed by atoms with Gasteiger partial charge < -0.3 is 9.84 Å². The summed E-state index contributed by atoms with van der Waals surface area (Å²) in [7, 11) is 0. The van der Waals surface area contributed by atoms with Crippen molar-refractivity contribution in [1.29, 1.82) is 0 Å². The number of non-ortho nitro benzene ring substituents is 1. The van der Waals surface area contributed by atoms with Gasteiger partial charge in [-0.25, -0.2) is 0 Å². The SMILES string of the molecule is O=[N+]([O-])c1ccc(OCC(O)c2ccccc2)c(Br)c1. The van der Waals surface area contributed by atoms with Crippen molar-refractivity contribution >= 4 is 21.6 Å². The van der Waals surface area contributed by atoms with E-state index in [0.29, 0.717) is 10.2 Å². The zero-order valence-corrected chi connectivity index (χ0v) is 12.0. The van der Waals surface area contributed by atoms with Crippen LogP contribution in [0.4, 0.5) is 5.69 Å². The molecule has 6 heteroatoms. The molecule has 1 atom stereocenters. The second-order valence-electron chi connectivity index (χ2n) is 4.11. The molecule has 0 aliphatic rings. The summed E-state index contributed by atoms with van der Waals surface area (Å²) in [4.78, 5) is 10.1. The van der Waals surface area contributed by atoms with Crippen LogP contribution in [0.15, 0.2) is 53.0 Å². The maximum atomic E-state index is 10.6. The van der Waals surface area contributed by atoms with Gasteiger partial charge in [0.05, 0.1) is 9.40 Å². The first-order chi connectivity index (χ1) is 9.58. The van der Waals surface area contributed by atoms with Crippen molar-refractivity contribution in [2.24, 2.45) is 0 Å². The van der Waals surface area contributed by atoms with Gasteiger partial charge >= 0.3 is 0 Å². The minimum Gasteiger partial charge on any atom is -0.489 e. The molecule has 0 spiro atoms. The van der Waals surface area contributed by atoms with Crippen LogP contribution >= 0.6 is 15.9 Å². The quantitative estimate of drug-likeness (QED) is 0.669. The third-order valence-corrected chi connectivity index (χ3v) is 3.33. The fraction of sp³-hybridized carbons (Fsp3) is 0.143. The molecule has 0 fully saturated rings. The van der Waals surface area contributed by atoms with E-state index in [2.05, 4.69) is 15.9 Å². The molecule has 0 saturated heterocycles. The molecule has 1 N–H and O–H groups in total. The lowest BCUT2D eigenvalue weighted by molar-refractivity contribution is -0.385. The Kier molecular flexibility index (Phi) is 4.70. The van der Waals surface area contributed by atoms with Gasteiger partial charge in [0.1, 0.15) is 18.5 Å². The molecule has 5 nitrogen and oxygen atoms in total. The third kappa shape index (κ3) is 3.55. The van der Waals surface area contributed by atoms with Gasteiger partial charge in [0.2, 0.25) is 0 Å². The largest absolute Gasteiger partial charge is 0.489 e. The smallest absolute Gasteiger partial charge is 0.270 e. The average Bonchev–Trinajstić information content (AvgIpc) is 2.46. The normalized spacial score (nSPS) is 11.9. The number of benzene rings is 2. The van der Waals surface area contributed by atoms with Crippen molar-refractivity contribution in [3.8, 4) is 5.75 Å². The second-order valence-corrected chi connectivity index (χ2v) is 4.96. The summed E-state index contributed by atoms with van der Waals surface area (Å²) in [6.07, 6.45) is -0.752. The average molecular weight is 338 g/mol. The number of nitrogens with zero attached hydrogens (tertiary/aromatic N) is 1. The molecule has 0 aliphatic heterocycles. The number of aliphatic hydroxyl groups is 1. The molecule has 104 valence electrons. The molecule has 1 unspecified atom stereocenters. The van der Waals surface area contributed by atoms with Crippen LogP contribution in [0.25, 0.3) is 0 Å². The number of nitro benzene ring substituents is 1. The summed E-state index contributed by atoms with van der Waals surface area (Å²) >= 11 is 3.21. The maximum absolute atomic E-state index is 10.6. The Morgan fingerprint density at radius 2 is 1.95 bits per heavy atom. The molecule has 2 aromatic rings. The molecule has 2 rings (SSSR count). The minimum atomic E-state index is -0.752. The van der Waals surface area contributed by atoms with Crippen molar-refractivity contribution in [3.63, 3.8) is 0 Å². The highest BCUT2D eigenvalue weighted by molar-refractivity contribution is 9.10. The Labute approximate surface area is 124 Å². The van der Waals surface area contributed by atoms with E-state index in [-0.39, 0.29) is 12.3 Å². The second kappa shape index (κ2) is 6.49. The molecule has 0 saturated carbocycles. The maximum Gasteiger partial charge on any atom is 0.270 e. The summed E-state index contributed by atoms with van der Waals surface area (Å²) in [5.74, 6) is 0.450. The number of rotatable bonds is 5. The van der Waals surface area contributed by atoms with Gasteiger partial charge in [-0.2, -0.15) is 0 Å². The first kappa shape index (κ1) is 14.5. The molecule has 0 bridgehead atoms. The topological polar surface area (TPSA) is 72.6 Å². The van der Waals surface area contributed by atoms with Gasteiger partial charge in [0.15, 0.2) is 0 Å². The predicted molar refractivity (Wildman–Crippen MR) is 77.7 cm³/mol. The van der Waals surface area contributed by atoms with E-state index in [1.165, 1.54) is 18.2 Å². The number of halogens is 1. The highest BCUT2D eigenvalue weighted by Gasteiger charge is 2.12. The van der Waals surface area contributed by atoms with Crippen molar-refractivity contribution in [1.82, 2.24) is 0 Å². The fourth-order valence-electron chi connectivity index (χ4n) is 1.66. The first-order valence-corrected chi connectivity index (χ1v) is 6.67. The van der Waals surface area contributed by atoms with E-state index in [1.54, 1.807) is 12.1 Å². The van der Waals surface area contributed by atoms with Gasteiger partial charge in [0, 0.05) is 12.1 Å². The van der Waals surface area contributed by atoms with Crippen LogP contribution in [0.5, 0.6) is 5.75 Å². The van der Waals surface area contributed by atoms with Crippen LogP contribution in [-0.2, 0) is 0 Å². The Balaban J connectivity index is 2.02. The van der Waals surface area contributed by atoms with Gasteiger partial charge in [-0.05, 0) is 27.6 Å². The Morgan fingerprint density at radius 1 is 1.25 bits per heavy atom. The van der Waals surface area contributed by atoms with Crippen LogP contribution < -0.4 is 4.74 Å². The Hall–Kier alpha value is -1.92.